The predicted molar refractivity (Wildman–Crippen MR) is 68.9 cm³/mol. The van der Waals surface area contributed by atoms with Gasteiger partial charge in [-0.2, -0.15) is 0 Å². The van der Waals surface area contributed by atoms with Crippen LogP contribution in [0.2, 0.25) is 0 Å². The van der Waals surface area contributed by atoms with Crippen molar-refractivity contribution >= 4 is 11.8 Å². The lowest BCUT2D eigenvalue weighted by Crippen LogP contribution is -2.51. The fraction of sp³-hybridized carbons (Fsp3) is 0.636. The van der Waals surface area contributed by atoms with E-state index in [1.54, 1.807) is 4.90 Å². The third kappa shape index (κ3) is 2.57. The van der Waals surface area contributed by atoms with Crippen LogP contribution in [0.15, 0.2) is 9.59 Å². The minimum Gasteiger partial charge on any atom is -0.481 e. The number of rotatable bonds is 3. The van der Waals surface area contributed by atoms with Crippen molar-refractivity contribution in [3.05, 3.63) is 20.8 Å². The highest BCUT2D eigenvalue weighted by Crippen LogP contribution is 2.15. The number of aryl methyl sites for hydroxylation is 1. The largest absolute Gasteiger partial charge is 0.481 e. The Labute approximate surface area is 114 Å². The first kappa shape index (κ1) is 14.3. The highest BCUT2D eigenvalue weighted by Gasteiger charge is 2.29. The maximum atomic E-state index is 12.1. The van der Waals surface area contributed by atoms with Gasteiger partial charge in [0.25, 0.3) is 5.56 Å². The van der Waals surface area contributed by atoms with Crippen LogP contribution >= 0.6 is 0 Å². The summed E-state index contributed by atoms with van der Waals surface area (Å²) in [6.07, 6.45) is -0.159. The number of aliphatic carboxylic acids is 1. The second kappa shape index (κ2) is 5.45. The van der Waals surface area contributed by atoms with Gasteiger partial charge >= 0.3 is 11.7 Å². The lowest BCUT2D eigenvalue weighted by Gasteiger charge is -2.35. The Morgan fingerprint density at radius 3 is 2.80 bits per heavy atom. The molecule has 1 aromatic rings. The summed E-state index contributed by atoms with van der Waals surface area (Å²) in [6, 6.07) is -0.473. The van der Waals surface area contributed by atoms with Crippen LogP contribution in [-0.4, -0.2) is 51.2 Å². The van der Waals surface area contributed by atoms with Crippen LogP contribution in [0.25, 0.3) is 0 Å². The van der Waals surface area contributed by atoms with E-state index < -0.39 is 23.3 Å². The Morgan fingerprint density at radius 1 is 1.45 bits per heavy atom. The molecule has 1 aliphatic heterocycles. The molecule has 0 radical (unpaired) electrons. The number of aromatic nitrogens is 3. The molecule has 1 atom stereocenters. The molecule has 0 saturated carbocycles. The number of carboxylic acid groups (broad SMARTS) is 1. The number of nitrogens with zero attached hydrogens (tertiary/aromatic N) is 4. The first-order valence-electron chi connectivity index (χ1n) is 6.12. The van der Waals surface area contributed by atoms with Crippen LogP contribution in [0.4, 0.5) is 5.82 Å². The maximum absolute atomic E-state index is 12.1. The average molecular weight is 284 g/mol. The summed E-state index contributed by atoms with van der Waals surface area (Å²) >= 11 is 0. The number of morpholine rings is 1. The van der Waals surface area contributed by atoms with E-state index in [1.807, 2.05) is 0 Å². The number of anilines is 1. The summed E-state index contributed by atoms with van der Waals surface area (Å²) in [5.41, 5.74) is -1.06. The first-order valence-corrected chi connectivity index (χ1v) is 6.12. The molecule has 20 heavy (non-hydrogen) atoms. The molecular formula is C11H16N4O5. The number of carboxylic acids is 1. The molecule has 1 saturated heterocycles. The molecule has 1 aliphatic rings. The first-order chi connectivity index (χ1) is 9.41. The molecule has 0 aliphatic carbocycles. The lowest BCUT2D eigenvalue weighted by atomic mass is 10.1. The quantitative estimate of drug-likeness (QED) is 0.695. The van der Waals surface area contributed by atoms with Crippen LogP contribution in [-0.2, 0) is 23.6 Å². The summed E-state index contributed by atoms with van der Waals surface area (Å²) in [4.78, 5) is 36.2. The summed E-state index contributed by atoms with van der Waals surface area (Å²) < 4.78 is 7.26. The summed E-state index contributed by atoms with van der Waals surface area (Å²) in [7, 11) is 2.81. The van der Waals surface area contributed by atoms with E-state index in [0.717, 1.165) is 9.25 Å². The number of hydrogen-bond donors (Lipinski definition) is 1. The Hall–Kier alpha value is -2.16. The van der Waals surface area contributed by atoms with Crippen molar-refractivity contribution < 1.29 is 14.6 Å². The van der Waals surface area contributed by atoms with Gasteiger partial charge in [0.15, 0.2) is 0 Å². The van der Waals surface area contributed by atoms with Gasteiger partial charge in [-0.3, -0.25) is 14.2 Å². The molecule has 1 N–H and O–H groups in total. The Morgan fingerprint density at radius 2 is 2.15 bits per heavy atom. The second-order valence-electron chi connectivity index (χ2n) is 4.61. The van der Waals surface area contributed by atoms with Gasteiger partial charge in [0.05, 0.1) is 25.7 Å². The summed E-state index contributed by atoms with van der Waals surface area (Å²) in [5, 5.41) is 12.9. The molecule has 1 unspecified atom stereocenters. The van der Waals surface area contributed by atoms with Crippen molar-refractivity contribution in [3.8, 4) is 0 Å². The number of hydrogen-bond acceptors (Lipinski definition) is 6. The average Bonchev–Trinajstić information content (AvgIpc) is 2.41. The maximum Gasteiger partial charge on any atom is 0.346 e. The molecule has 1 aromatic heterocycles. The van der Waals surface area contributed by atoms with E-state index in [2.05, 4.69) is 5.10 Å². The minimum atomic E-state index is -0.979. The van der Waals surface area contributed by atoms with Crippen LogP contribution in [0.1, 0.15) is 6.42 Å². The predicted octanol–water partition coefficient (Wildman–Crippen LogP) is -1.84. The molecule has 2 rings (SSSR count). The van der Waals surface area contributed by atoms with Gasteiger partial charge < -0.3 is 14.7 Å². The fourth-order valence-electron chi connectivity index (χ4n) is 2.17. The molecule has 0 bridgehead atoms. The molecule has 1 fully saturated rings. The van der Waals surface area contributed by atoms with E-state index in [-0.39, 0.29) is 18.8 Å². The number of ether oxygens (including phenoxy) is 1. The zero-order chi connectivity index (χ0) is 14.9. The van der Waals surface area contributed by atoms with E-state index in [1.165, 1.54) is 14.1 Å². The van der Waals surface area contributed by atoms with Crippen molar-refractivity contribution in [2.45, 2.75) is 12.5 Å². The highest BCUT2D eigenvalue weighted by molar-refractivity contribution is 5.68. The van der Waals surface area contributed by atoms with Gasteiger partial charge in [0.1, 0.15) is 0 Å². The highest BCUT2D eigenvalue weighted by atomic mass is 16.5. The van der Waals surface area contributed by atoms with Crippen molar-refractivity contribution in [1.29, 1.82) is 0 Å². The van der Waals surface area contributed by atoms with Gasteiger partial charge in [-0.25, -0.2) is 9.48 Å². The van der Waals surface area contributed by atoms with Crippen molar-refractivity contribution in [1.82, 2.24) is 14.3 Å². The van der Waals surface area contributed by atoms with Gasteiger partial charge in [-0.05, 0) is 0 Å². The zero-order valence-electron chi connectivity index (χ0n) is 11.3. The molecule has 0 aromatic carbocycles. The molecular weight excluding hydrogens is 268 g/mol. The molecule has 2 heterocycles. The SMILES string of the molecule is Cn1nc(N2CCOCC2CC(=O)O)c(=O)n(C)c1=O. The fourth-order valence-corrected chi connectivity index (χ4v) is 2.17. The van der Waals surface area contributed by atoms with E-state index in [4.69, 9.17) is 9.84 Å². The van der Waals surface area contributed by atoms with Crippen LogP contribution < -0.4 is 16.1 Å². The van der Waals surface area contributed by atoms with Crippen molar-refractivity contribution in [2.75, 3.05) is 24.7 Å². The number of carbonyl (C=O) groups is 1. The topological polar surface area (TPSA) is 107 Å². The van der Waals surface area contributed by atoms with Gasteiger partial charge in [0.2, 0.25) is 5.82 Å². The van der Waals surface area contributed by atoms with E-state index >= 15 is 0 Å². The Kier molecular flexibility index (Phi) is 3.89. The Balaban J connectivity index is 2.45. The van der Waals surface area contributed by atoms with Crippen LogP contribution in [0, 0.1) is 0 Å². The molecule has 0 spiro atoms. The van der Waals surface area contributed by atoms with Crippen molar-refractivity contribution in [2.24, 2.45) is 14.1 Å². The molecule has 9 nitrogen and oxygen atoms in total. The van der Waals surface area contributed by atoms with Gasteiger partial charge in [0, 0.05) is 20.6 Å². The normalized spacial score (nSPS) is 19.1. The third-order valence-electron chi connectivity index (χ3n) is 3.21. The second-order valence-corrected chi connectivity index (χ2v) is 4.61. The van der Waals surface area contributed by atoms with Crippen LogP contribution in [0.5, 0.6) is 0 Å². The molecule has 9 heteroatoms. The van der Waals surface area contributed by atoms with E-state index in [9.17, 15) is 14.4 Å². The summed E-state index contributed by atoms with van der Waals surface area (Å²) in [5.74, 6) is -0.906. The smallest absolute Gasteiger partial charge is 0.346 e. The zero-order valence-corrected chi connectivity index (χ0v) is 11.3. The van der Waals surface area contributed by atoms with Crippen molar-refractivity contribution in [3.63, 3.8) is 0 Å². The molecule has 110 valence electrons. The van der Waals surface area contributed by atoms with E-state index in [0.29, 0.717) is 13.2 Å². The lowest BCUT2D eigenvalue weighted by molar-refractivity contribution is -0.138. The van der Waals surface area contributed by atoms with Crippen LogP contribution in [0.3, 0.4) is 0 Å². The minimum absolute atomic E-state index is 0.0733. The van der Waals surface area contributed by atoms with Gasteiger partial charge in [-0.1, -0.05) is 0 Å². The standard InChI is InChI=1S/C11H16N4O5/c1-13-10(18)9(12-14(2)11(13)19)15-3-4-20-6-7(15)5-8(16)17/h7H,3-6H2,1-2H3,(H,16,17). The summed E-state index contributed by atoms with van der Waals surface area (Å²) in [6.45, 7) is 0.947. The monoisotopic (exact) mass is 284 g/mol. The Bertz CT molecular complexity index is 635. The van der Waals surface area contributed by atoms with Gasteiger partial charge in [-0.15, -0.1) is 5.10 Å². The molecule has 0 amide bonds. The third-order valence-corrected chi connectivity index (χ3v) is 3.21.